The predicted molar refractivity (Wildman–Crippen MR) is 156 cm³/mol. The summed E-state index contributed by atoms with van der Waals surface area (Å²) in [7, 11) is 0. The first kappa shape index (κ1) is 28.1. The highest BCUT2D eigenvalue weighted by atomic mass is 19.3. The van der Waals surface area contributed by atoms with Gasteiger partial charge in [0.25, 0.3) is 0 Å². The quantitative estimate of drug-likeness (QED) is 0.303. The van der Waals surface area contributed by atoms with Crippen molar-refractivity contribution in [2.24, 2.45) is 5.92 Å². The first-order valence-electron chi connectivity index (χ1n) is 14.0. The molecule has 0 aromatic heterocycles. The SMILES string of the molecule is CCCC1CC=C(c2cc(C)c(-c3cc(C)c(C(F)(F)Oc4cc(C)c(C)c(C)c4)c(C)c3)c(C)c2)CC1. The Bertz CT molecular complexity index is 1310. The van der Waals surface area contributed by atoms with Crippen LogP contribution in [0, 0.1) is 54.4 Å². The molecule has 0 bridgehead atoms. The smallest absolute Gasteiger partial charge is 0.427 e. The van der Waals surface area contributed by atoms with E-state index in [4.69, 9.17) is 4.74 Å². The third-order valence-corrected chi connectivity index (χ3v) is 8.38. The van der Waals surface area contributed by atoms with Crippen molar-refractivity contribution < 1.29 is 13.5 Å². The lowest BCUT2D eigenvalue weighted by Crippen LogP contribution is -2.24. The molecule has 3 aromatic rings. The van der Waals surface area contributed by atoms with Crippen molar-refractivity contribution in [1.82, 2.24) is 0 Å². The molecule has 38 heavy (non-hydrogen) atoms. The summed E-state index contributed by atoms with van der Waals surface area (Å²) >= 11 is 0. The van der Waals surface area contributed by atoms with E-state index in [9.17, 15) is 0 Å². The summed E-state index contributed by atoms with van der Waals surface area (Å²) < 4.78 is 36.4. The molecule has 1 unspecified atom stereocenters. The molecule has 0 amide bonds. The molecule has 0 N–H and O–H groups in total. The van der Waals surface area contributed by atoms with E-state index < -0.39 is 6.11 Å². The van der Waals surface area contributed by atoms with Crippen molar-refractivity contribution >= 4 is 5.57 Å². The van der Waals surface area contributed by atoms with Gasteiger partial charge in [-0.3, -0.25) is 0 Å². The predicted octanol–water partition coefficient (Wildman–Crippen LogP) is 10.6. The number of rotatable bonds is 7. The van der Waals surface area contributed by atoms with Crippen LogP contribution in [0.1, 0.15) is 89.1 Å². The number of alkyl halides is 2. The van der Waals surface area contributed by atoms with Crippen LogP contribution < -0.4 is 4.74 Å². The lowest BCUT2D eigenvalue weighted by atomic mass is 9.82. The molecule has 3 aromatic carbocycles. The van der Waals surface area contributed by atoms with Crippen molar-refractivity contribution in [3.63, 3.8) is 0 Å². The van der Waals surface area contributed by atoms with Gasteiger partial charge in [0.05, 0.1) is 5.56 Å². The molecule has 0 heterocycles. The molecule has 4 rings (SSSR count). The third-order valence-electron chi connectivity index (χ3n) is 8.38. The summed E-state index contributed by atoms with van der Waals surface area (Å²) in [5, 5.41) is 0. The standard InChI is InChI=1S/C35H42F2O/c1-9-10-28-11-13-29(14-12-28)30-15-23(4)33(24(5)16-30)31-17-25(6)34(26(7)18-31)35(36,37)38-32-19-21(2)27(8)22(3)20-32/h13,15-20,28H,9-12,14H2,1-8H3. The second-order valence-electron chi connectivity index (χ2n) is 11.4. The van der Waals surface area contributed by atoms with Crippen LogP contribution in [0.5, 0.6) is 5.75 Å². The van der Waals surface area contributed by atoms with Crippen LogP contribution in [-0.2, 0) is 6.11 Å². The van der Waals surface area contributed by atoms with Gasteiger partial charge in [-0.05, 0) is 147 Å². The zero-order chi connectivity index (χ0) is 27.8. The largest absolute Gasteiger partial charge is 0.429 e. The Morgan fingerprint density at radius 2 is 1.32 bits per heavy atom. The summed E-state index contributed by atoms with van der Waals surface area (Å²) in [5.74, 6) is 1.01. The van der Waals surface area contributed by atoms with E-state index in [0.717, 1.165) is 40.2 Å². The lowest BCUT2D eigenvalue weighted by molar-refractivity contribution is -0.186. The number of hydrogen-bond acceptors (Lipinski definition) is 1. The fraction of sp³-hybridized carbons (Fsp3) is 0.429. The average Bonchev–Trinajstić information content (AvgIpc) is 2.82. The number of benzene rings is 3. The number of aryl methyl sites for hydroxylation is 6. The van der Waals surface area contributed by atoms with Gasteiger partial charge in [0.2, 0.25) is 0 Å². The van der Waals surface area contributed by atoms with Crippen LogP contribution >= 0.6 is 0 Å². The van der Waals surface area contributed by atoms with Crippen molar-refractivity contribution in [2.45, 2.75) is 93.6 Å². The summed E-state index contributed by atoms with van der Waals surface area (Å²) in [4.78, 5) is 0. The molecule has 0 aliphatic heterocycles. The number of halogens is 2. The van der Waals surface area contributed by atoms with Crippen molar-refractivity contribution in [1.29, 1.82) is 0 Å². The Balaban J connectivity index is 1.65. The van der Waals surface area contributed by atoms with Gasteiger partial charge in [-0.2, -0.15) is 8.78 Å². The van der Waals surface area contributed by atoms with Crippen LogP contribution in [0.25, 0.3) is 16.7 Å². The molecule has 1 atom stereocenters. The van der Waals surface area contributed by atoms with Crippen LogP contribution in [0.2, 0.25) is 0 Å². The maximum absolute atomic E-state index is 15.5. The van der Waals surface area contributed by atoms with Crippen LogP contribution in [0.15, 0.2) is 42.5 Å². The molecule has 1 aliphatic rings. The molecule has 0 saturated carbocycles. The monoisotopic (exact) mass is 516 g/mol. The van der Waals surface area contributed by atoms with Gasteiger partial charge in [-0.15, -0.1) is 0 Å². The Hall–Kier alpha value is -2.94. The Labute approximate surface area is 227 Å². The number of allylic oxidation sites excluding steroid dienone is 2. The number of hydrogen-bond donors (Lipinski definition) is 0. The fourth-order valence-electron chi connectivity index (χ4n) is 6.25. The minimum absolute atomic E-state index is 0.0574. The minimum atomic E-state index is -3.43. The highest BCUT2D eigenvalue weighted by Gasteiger charge is 2.38. The fourth-order valence-corrected chi connectivity index (χ4v) is 6.25. The Morgan fingerprint density at radius 3 is 1.82 bits per heavy atom. The molecule has 202 valence electrons. The maximum Gasteiger partial charge on any atom is 0.427 e. The Kier molecular flexibility index (Phi) is 8.16. The first-order valence-corrected chi connectivity index (χ1v) is 14.0. The minimum Gasteiger partial charge on any atom is -0.429 e. The van der Waals surface area contributed by atoms with E-state index in [0.29, 0.717) is 11.1 Å². The molecule has 0 spiro atoms. The molecular formula is C35H42F2O. The summed E-state index contributed by atoms with van der Waals surface area (Å²) in [6.45, 7) is 15.9. The van der Waals surface area contributed by atoms with Crippen LogP contribution in [0.3, 0.4) is 0 Å². The molecule has 3 heteroatoms. The van der Waals surface area contributed by atoms with E-state index in [2.05, 4.69) is 39.0 Å². The van der Waals surface area contributed by atoms with Gasteiger partial charge in [-0.25, -0.2) is 0 Å². The third kappa shape index (κ3) is 5.72. The molecule has 1 aliphatic carbocycles. The van der Waals surface area contributed by atoms with Crippen LogP contribution in [-0.4, -0.2) is 0 Å². The molecule has 1 nitrogen and oxygen atoms in total. The van der Waals surface area contributed by atoms with Gasteiger partial charge in [0.15, 0.2) is 0 Å². The zero-order valence-electron chi connectivity index (χ0n) is 24.3. The highest BCUT2D eigenvalue weighted by molar-refractivity contribution is 5.77. The van der Waals surface area contributed by atoms with E-state index in [1.54, 1.807) is 26.0 Å². The molecular weight excluding hydrogens is 474 g/mol. The van der Waals surface area contributed by atoms with E-state index in [-0.39, 0.29) is 11.3 Å². The highest BCUT2D eigenvalue weighted by Crippen LogP contribution is 2.41. The number of ether oxygens (including phenoxy) is 1. The summed E-state index contributed by atoms with van der Waals surface area (Å²) in [6, 6.07) is 11.7. The van der Waals surface area contributed by atoms with Crippen molar-refractivity contribution in [3.8, 4) is 16.9 Å². The van der Waals surface area contributed by atoms with Gasteiger partial charge in [0, 0.05) is 0 Å². The zero-order valence-corrected chi connectivity index (χ0v) is 24.3. The van der Waals surface area contributed by atoms with Gasteiger partial charge >= 0.3 is 6.11 Å². The van der Waals surface area contributed by atoms with E-state index in [1.165, 1.54) is 47.9 Å². The lowest BCUT2D eigenvalue weighted by Gasteiger charge is -2.25. The second kappa shape index (κ2) is 11.0. The van der Waals surface area contributed by atoms with Gasteiger partial charge < -0.3 is 4.74 Å². The van der Waals surface area contributed by atoms with E-state index in [1.807, 2.05) is 32.9 Å². The first-order chi connectivity index (χ1) is 17.9. The topological polar surface area (TPSA) is 9.23 Å². The van der Waals surface area contributed by atoms with Crippen molar-refractivity contribution in [3.05, 3.63) is 92.5 Å². The maximum atomic E-state index is 15.5. The van der Waals surface area contributed by atoms with E-state index >= 15 is 8.78 Å². The summed E-state index contributed by atoms with van der Waals surface area (Å²) in [6.07, 6.45) is 5.12. The average molecular weight is 517 g/mol. The van der Waals surface area contributed by atoms with Gasteiger partial charge in [0.1, 0.15) is 5.75 Å². The molecule has 0 saturated heterocycles. The van der Waals surface area contributed by atoms with Crippen LogP contribution in [0.4, 0.5) is 8.78 Å². The summed E-state index contributed by atoms with van der Waals surface area (Å²) in [5.41, 5.74) is 11.2. The normalized spacial score (nSPS) is 15.9. The Morgan fingerprint density at radius 1 is 0.763 bits per heavy atom. The second-order valence-corrected chi connectivity index (χ2v) is 11.4. The van der Waals surface area contributed by atoms with Gasteiger partial charge in [-0.1, -0.05) is 50.1 Å². The van der Waals surface area contributed by atoms with Crippen molar-refractivity contribution in [2.75, 3.05) is 0 Å². The molecule has 0 radical (unpaired) electrons. The molecule has 0 fully saturated rings.